The molecule has 6 heteroatoms. The zero-order valence-corrected chi connectivity index (χ0v) is 16.9. The topological polar surface area (TPSA) is 66.5 Å². The lowest BCUT2D eigenvalue weighted by Gasteiger charge is -2.24. The molecular weight excluding hydrogens is 360 g/mol. The monoisotopic (exact) mass is 390 g/mol. The lowest BCUT2D eigenvalue weighted by molar-refractivity contribution is -0.131. The van der Waals surface area contributed by atoms with Crippen LogP contribution in [0.4, 0.5) is 0 Å². The number of fused-ring (bicyclic) bond motifs is 2. The molecule has 0 aliphatic heterocycles. The van der Waals surface area contributed by atoms with Crippen molar-refractivity contribution in [2.24, 2.45) is 17.8 Å². The highest BCUT2D eigenvalue weighted by molar-refractivity contribution is 7.12. The number of amides is 2. The van der Waals surface area contributed by atoms with Crippen molar-refractivity contribution in [3.8, 4) is 0 Å². The molecule has 1 aromatic heterocycles. The molecule has 3 unspecified atom stereocenters. The predicted octanol–water partition coefficient (Wildman–Crippen LogP) is 3.50. The van der Waals surface area contributed by atoms with E-state index in [2.05, 4.69) is 5.32 Å². The fraction of sp³-hybridized carbons (Fsp3) is 0.667. The molecule has 2 aliphatic rings. The third kappa shape index (κ3) is 5.64. The van der Waals surface area contributed by atoms with Crippen LogP contribution in [0, 0.1) is 17.8 Å². The summed E-state index contributed by atoms with van der Waals surface area (Å²) in [6.07, 6.45) is 7.15. The van der Waals surface area contributed by atoms with Gasteiger partial charge >= 0.3 is 0 Å². The van der Waals surface area contributed by atoms with E-state index in [1.165, 1.54) is 37.0 Å². The highest BCUT2D eigenvalue weighted by Crippen LogP contribution is 2.49. The van der Waals surface area contributed by atoms with E-state index in [1.54, 1.807) is 11.0 Å². The molecule has 2 saturated carbocycles. The molecule has 1 aromatic rings. The Morgan fingerprint density at radius 2 is 2.07 bits per heavy atom. The Balaban J connectivity index is 1.25. The van der Waals surface area contributed by atoms with Crippen molar-refractivity contribution in [3.05, 3.63) is 22.4 Å². The summed E-state index contributed by atoms with van der Waals surface area (Å²) in [4.78, 5) is 38.6. The van der Waals surface area contributed by atoms with Gasteiger partial charge in [-0.05, 0) is 54.9 Å². The van der Waals surface area contributed by atoms with Crippen LogP contribution in [-0.4, -0.2) is 42.6 Å². The Morgan fingerprint density at radius 3 is 2.74 bits per heavy atom. The molecule has 0 radical (unpaired) electrons. The first-order chi connectivity index (χ1) is 13.0. The molecule has 3 rings (SSSR count). The van der Waals surface area contributed by atoms with E-state index >= 15 is 0 Å². The van der Waals surface area contributed by atoms with Gasteiger partial charge in [0.2, 0.25) is 11.8 Å². The molecule has 2 amide bonds. The molecule has 1 N–H and O–H groups in total. The average molecular weight is 391 g/mol. The summed E-state index contributed by atoms with van der Waals surface area (Å²) in [6.45, 7) is 1.20. The second-order valence-electron chi connectivity index (χ2n) is 8.06. The first-order valence-corrected chi connectivity index (χ1v) is 11.0. The maximum atomic E-state index is 12.4. The molecule has 1 heterocycles. The molecule has 148 valence electrons. The quantitative estimate of drug-likeness (QED) is 0.491. The Hall–Kier alpha value is -1.69. The van der Waals surface area contributed by atoms with Crippen molar-refractivity contribution in [1.29, 1.82) is 0 Å². The minimum absolute atomic E-state index is 0.0195. The maximum Gasteiger partial charge on any atom is 0.222 e. The number of hydrogen-bond donors (Lipinski definition) is 1. The van der Waals surface area contributed by atoms with E-state index in [-0.39, 0.29) is 30.4 Å². The van der Waals surface area contributed by atoms with Gasteiger partial charge in [0.15, 0.2) is 5.78 Å². The summed E-state index contributed by atoms with van der Waals surface area (Å²) >= 11 is 1.41. The van der Waals surface area contributed by atoms with Gasteiger partial charge in [0.1, 0.15) is 0 Å². The van der Waals surface area contributed by atoms with Crippen molar-refractivity contribution in [2.75, 3.05) is 20.1 Å². The number of carbonyl (C=O) groups excluding carboxylic acids is 3. The van der Waals surface area contributed by atoms with E-state index in [9.17, 15) is 14.4 Å². The Kier molecular flexibility index (Phi) is 7.05. The lowest BCUT2D eigenvalue weighted by atomic mass is 9.86. The average Bonchev–Trinajstić information content (AvgIpc) is 3.40. The molecule has 0 saturated heterocycles. The Labute approximate surface area is 165 Å². The zero-order valence-electron chi connectivity index (χ0n) is 16.1. The number of Topliss-reactive ketones (excluding diaryl/α,β-unsaturated/α-hetero) is 1. The van der Waals surface area contributed by atoms with Crippen molar-refractivity contribution in [1.82, 2.24) is 10.2 Å². The molecule has 0 aromatic carbocycles. The molecular formula is C21H30N2O3S. The van der Waals surface area contributed by atoms with Crippen LogP contribution in [0.3, 0.4) is 0 Å². The number of nitrogens with zero attached hydrogens (tertiary/aromatic N) is 1. The van der Waals surface area contributed by atoms with Crippen molar-refractivity contribution in [2.45, 2.75) is 51.4 Å². The molecule has 2 bridgehead atoms. The minimum Gasteiger partial charge on any atom is -0.356 e. The van der Waals surface area contributed by atoms with Crippen LogP contribution in [0.2, 0.25) is 0 Å². The van der Waals surface area contributed by atoms with Crippen LogP contribution in [0.15, 0.2) is 17.5 Å². The van der Waals surface area contributed by atoms with Crippen molar-refractivity contribution in [3.63, 3.8) is 0 Å². The van der Waals surface area contributed by atoms with Gasteiger partial charge in [-0.3, -0.25) is 14.4 Å². The largest absolute Gasteiger partial charge is 0.356 e. The number of nitrogens with one attached hydrogen (secondary N) is 1. The van der Waals surface area contributed by atoms with Gasteiger partial charge in [-0.25, -0.2) is 0 Å². The van der Waals surface area contributed by atoms with Gasteiger partial charge < -0.3 is 10.2 Å². The highest BCUT2D eigenvalue weighted by Gasteiger charge is 2.40. The second-order valence-corrected chi connectivity index (χ2v) is 9.01. The smallest absolute Gasteiger partial charge is 0.222 e. The number of carbonyl (C=O) groups is 3. The summed E-state index contributed by atoms with van der Waals surface area (Å²) in [5, 5.41) is 4.71. The fourth-order valence-corrected chi connectivity index (χ4v) is 5.25. The predicted molar refractivity (Wildman–Crippen MR) is 107 cm³/mol. The van der Waals surface area contributed by atoms with Crippen molar-refractivity contribution < 1.29 is 14.4 Å². The SMILES string of the molecule is CN(CCCNC(=O)CCC(=O)c1cccs1)C(=O)CC1CC2CCC1C2. The van der Waals surface area contributed by atoms with Crippen LogP contribution >= 0.6 is 11.3 Å². The van der Waals surface area contributed by atoms with Crippen LogP contribution in [0.5, 0.6) is 0 Å². The maximum absolute atomic E-state index is 12.4. The molecule has 27 heavy (non-hydrogen) atoms. The molecule has 2 fully saturated rings. The lowest BCUT2D eigenvalue weighted by Crippen LogP contribution is -2.33. The van der Waals surface area contributed by atoms with Gasteiger partial charge in [0, 0.05) is 39.4 Å². The minimum atomic E-state index is -0.101. The molecule has 2 aliphatic carbocycles. The van der Waals surface area contributed by atoms with Gasteiger partial charge in [0.05, 0.1) is 4.88 Å². The fourth-order valence-electron chi connectivity index (χ4n) is 4.55. The Morgan fingerprint density at radius 1 is 1.22 bits per heavy atom. The number of thiophene rings is 1. The standard InChI is InChI=1S/C21H30N2O3S/c1-23(21(26)14-17-13-15-5-6-16(17)12-15)10-3-9-22-20(25)8-7-18(24)19-4-2-11-27-19/h2,4,11,15-17H,3,5-10,12-14H2,1H3,(H,22,25). The summed E-state index contributed by atoms with van der Waals surface area (Å²) in [5.41, 5.74) is 0. The van der Waals surface area contributed by atoms with E-state index < -0.39 is 0 Å². The first kappa shape index (κ1) is 20.1. The number of rotatable bonds is 10. The molecule has 5 nitrogen and oxygen atoms in total. The van der Waals surface area contributed by atoms with Crippen LogP contribution in [-0.2, 0) is 9.59 Å². The third-order valence-electron chi connectivity index (χ3n) is 6.11. The van der Waals surface area contributed by atoms with Gasteiger partial charge in [0.25, 0.3) is 0 Å². The van der Waals surface area contributed by atoms with Gasteiger partial charge in [-0.1, -0.05) is 12.5 Å². The van der Waals surface area contributed by atoms with Crippen molar-refractivity contribution >= 4 is 28.9 Å². The number of ketones is 1. The summed E-state index contributed by atoms with van der Waals surface area (Å²) < 4.78 is 0. The number of hydrogen-bond acceptors (Lipinski definition) is 4. The molecule has 0 spiro atoms. The van der Waals surface area contributed by atoms with Gasteiger partial charge in [-0.15, -0.1) is 11.3 Å². The van der Waals surface area contributed by atoms with Crippen LogP contribution in [0.1, 0.15) is 61.0 Å². The van der Waals surface area contributed by atoms with Crippen LogP contribution < -0.4 is 5.32 Å². The van der Waals surface area contributed by atoms with E-state index in [1.807, 2.05) is 18.5 Å². The summed E-state index contributed by atoms with van der Waals surface area (Å²) in [5.74, 6) is 2.41. The normalized spacial score (nSPS) is 23.4. The highest BCUT2D eigenvalue weighted by atomic mass is 32.1. The third-order valence-corrected chi connectivity index (χ3v) is 7.03. The van der Waals surface area contributed by atoms with E-state index in [4.69, 9.17) is 0 Å². The summed E-state index contributed by atoms with van der Waals surface area (Å²) in [7, 11) is 1.86. The Bertz CT molecular complexity index is 658. The van der Waals surface area contributed by atoms with E-state index in [0.717, 1.165) is 18.3 Å². The first-order valence-electron chi connectivity index (χ1n) is 10.1. The second kappa shape index (κ2) is 9.49. The zero-order chi connectivity index (χ0) is 19.2. The van der Waals surface area contributed by atoms with E-state index in [0.29, 0.717) is 30.3 Å². The summed E-state index contributed by atoms with van der Waals surface area (Å²) in [6, 6.07) is 3.63. The van der Waals surface area contributed by atoms with Crippen LogP contribution in [0.25, 0.3) is 0 Å². The molecule has 3 atom stereocenters. The van der Waals surface area contributed by atoms with Gasteiger partial charge in [-0.2, -0.15) is 0 Å².